The predicted octanol–water partition coefficient (Wildman–Crippen LogP) is 3.54. The highest BCUT2D eigenvalue weighted by Gasteiger charge is 2.48. The van der Waals surface area contributed by atoms with Crippen LogP contribution in [0.5, 0.6) is 5.75 Å². The quantitative estimate of drug-likeness (QED) is 0.473. The van der Waals surface area contributed by atoms with Gasteiger partial charge in [-0.15, -0.1) is 0 Å². The highest BCUT2D eigenvalue weighted by Crippen LogP contribution is 2.33. The van der Waals surface area contributed by atoms with Gasteiger partial charge in [-0.2, -0.15) is 27.1 Å². The summed E-state index contributed by atoms with van der Waals surface area (Å²) in [6.45, 7) is 1.82. The zero-order valence-corrected chi connectivity index (χ0v) is 20.8. The fraction of sp³-hybridized carbons (Fsp3) is 0.435. The van der Waals surface area contributed by atoms with Gasteiger partial charge in [0.2, 0.25) is 5.95 Å². The summed E-state index contributed by atoms with van der Waals surface area (Å²) in [6.07, 6.45) is -6.76. The minimum Gasteiger partial charge on any atom is -0.495 e. The first-order valence-electron chi connectivity index (χ1n) is 11.3. The van der Waals surface area contributed by atoms with Crippen LogP contribution in [-0.4, -0.2) is 74.0 Å². The second-order valence-electron chi connectivity index (χ2n) is 8.65. The molecule has 1 aliphatic rings. The van der Waals surface area contributed by atoms with Crippen LogP contribution in [0.2, 0.25) is 0 Å². The number of carbonyl (C=O) groups excluding carboxylic acids is 1. The van der Waals surface area contributed by atoms with E-state index in [1.165, 1.54) is 24.9 Å². The van der Waals surface area contributed by atoms with E-state index in [-0.39, 0.29) is 18.2 Å². The Bertz CT molecular complexity index is 1300. The molecule has 1 amide bonds. The van der Waals surface area contributed by atoms with E-state index in [0.29, 0.717) is 35.1 Å². The monoisotopic (exact) mass is 541 g/mol. The van der Waals surface area contributed by atoms with Crippen molar-refractivity contribution < 1.29 is 36.2 Å². The molecule has 15 heteroatoms. The van der Waals surface area contributed by atoms with Crippen molar-refractivity contribution in [3.8, 4) is 17.0 Å². The van der Waals surface area contributed by atoms with Gasteiger partial charge in [0.05, 0.1) is 42.3 Å². The molecule has 1 aliphatic heterocycles. The molecule has 3 aromatic heterocycles. The Morgan fingerprint density at radius 1 is 1.21 bits per heavy atom. The number of aromatic nitrogens is 5. The van der Waals surface area contributed by atoms with Crippen LogP contribution in [-0.2, 0) is 18.0 Å². The van der Waals surface area contributed by atoms with Crippen LogP contribution >= 0.6 is 0 Å². The summed E-state index contributed by atoms with van der Waals surface area (Å²) in [4.78, 5) is 26.2. The SMILES string of the molecule is COc1ccc(-c2c(C(=O)N3CC(F)(F)O[C@@H](C)[C@H]3CNc3ncc(C(F)(F)F)cn3)nn(C)c2C)nc1. The molecule has 1 saturated heterocycles. The third kappa shape index (κ3) is 5.51. The second-order valence-corrected chi connectivity index (χ2v) is 8.65. The van der Waals surface area contributed by atoms with Crippen LogP contribution in [0, 0.1) is 6.92 Å². The Morgan fingerprint density at radius 3 is 2.47 bits per heavy atom. The molecule has 0 saturated carbocycles. The zero-order chi connectivity index (χ0) is 27.8. The second kappa shape index (κ2) is 10.1. The average molecular weight is 541 g/mol. The van der Waals surface area contributed by atoms with Gasteiger partial charge < -0.3 is 19.7 Å². The molecule has 204 valence electrons. The van der Waals surface area contributed by atoms with Crippen molar-refractivity contribution in [1.82, 2.24) is 29.6 Å². The Kier molecular flexibility index (Phi) is 7.23. The zero-order valence-electron chi connectivity index (χ0n) is 20.8. The van der Waals surface area contributed by atoms with Gasteiger partial charge in [-0.05, 0) is 26.0 Å². The number of methoxy groups -OCH3 is 1. The number of carbonyl (C=O) groups is 1. The van der Waals surface area contributed by atoms with Crippen LogP contribution in [0.25, 0.3) is 11.3 Å². The maximum absolute atomic E-state index is 14.4. The van der Waals surface area contributed by atoms with Gasteiger partial charge in [0.15, 0.2) is 5.69 Å². The van der Waals surface area contributed by atoms with Crippen molar-refractivity contribution in [2.24, 2.45) is 7.05 Å². The smallest absolute Gasteiger partial charge is 0.419 e. The summed E-state index contributed by atoms with van der Waals surface area (Å²) < 4.78 is 78.7. The predicted molar refractivity (Wildman–Crippen MR) is 124 cm³/mol. The Labute approximate surface area is 213 Å². The molecule has 10 nitrogen and oxygen atoms in total. The minimum absolute atomic E-state index is 0.0941. The van der Waals surface area contributed by atoms with Gasteiger partial charge in [0.25, 0.3) is 5.91 Å². The lowest BCUT2D eigenvalue weighted by atomic mass is 10.0. The van der Waals surface area contributed by atoms with Crippen molar-refractivity contribution in [2.45, 2.75) is 38.3 Å². The van der Waals surface area contributed by atoms with Crippen molar-refractivity contribution >= 4 is 11.9 Å². The molecule has 3 aromatic rings. The van der Waals surface area contributed by atoms with E-state index < -0.39 is 42.4 Å². The number of pyridine rings is 1. The van der Waals surface area contributed by atoms with E-state index in [0.717, 1.165) is 4.90 Å². The van der Waals surface area contributed by atoms with Gasteiger partial charge in [-0.25, -0.2) is 9.97 Å². The topological polar surface area (TPSA) is 107 Å². The van der Waals surface area contributed by atoms with Gasteiger partial charge in [-0.1, -0.05) is 0 Å². The molecule has 1 N–H and O–H groups in total. The summed E-state index contributed by atoms with van der Waals surface area (Å²) >= 11 is 0. The number of ether oxygens (including phenoxy) is 2. The lowest BCUT2D eigenvalue weighted by Gasteiger charge is -2.43. The van der Waals surface area contributed by atoms with Gasteiger partial charge in [0.1, 0.15) is 12.3 Å². The maximum Gasteiger partial charge on any atom is 0.419 e. The van der Waals surface area contributed by atoms with Crippen molar-refractivity contribution in [3.05, 3.63) is 47.7 Å². The molecular weight excluding hydrogens is 517 g/mol. The Hall–Kier alpha value is -3.88. The van der Waals surface area contributed by atoms with E-state index in [4.69, 9.17) is 9.47 Å². The molecule has 0 aromatic carbocycles. The van der Waals surface area contributed by atoms with Crippen LogP contribution in [0.15, 0.2) is 30.7 Å². The van der Waals surface area contributed by atoms with E-state index in [9.17, 15) is 26.7 Å². The lowest BCUT2D eigenvalue weighted by Crippen LogP contribution is -2.61. The fourth-order valence-corrected chi connectivity index (χ4v) is 4.07. The highest BCUT2D eigenvalue weighted by molar-refractivity contribution is 5.99. The van der Waals surface area contributed by atoms with Crippen LogP contribution in [0.3, 0.4) is 0 Å². The number of aryl methyl sites for hydroxylation is 1. The number of nitrogens with zero attached hydrogens (tertiary/aromatic N) is 6. The number of hydrogen-bond acceptors (Lipinski definition) is 8. The Balaban J connectivity index is 1.64. The van der Waals surface area contributed by atoms with Gasteiger partial charge in [0, 0.05) is 31.7 Å². The molecule has 4 rings (SSSR count). The van der Waals surface area contributed by atoms with E-state index in [1.54, 1.807) is 26.1 Å². The summed E-state index contributed by atoms with van der Waals surface area (Å²) in [7, 11) is 3.08. The molecule has 0 aliphatic carbocycles. The molecular formula is C23H24F5N7O3. The standard InChI is InChI=1S/C23H24F5N7O3/c1-12-18(16-6-5-15(37-4)9-29-16)19(33-34(12)3)20(36)35-11-22(24,25)38-13(2)17(35)10-32-21-30-7-14(8-31-21)23(26,27)28/h5-9,13,17H,10-11H2,1-4H3,(H,30,31,32)/t13-,17+/m0/s1. The maximum atomic E-state index is 14.4. The first-order valence-corrected chi connectivity index (χ1v) is 11.3. The van der Waals surface area contributed by atoms with Crippen LogP contribution in [0.1, 0.15) is 28.7 Å². The molecule has 0 bridgehead atoms. The lowest BCUT2D eigenvalue weighted by molar-refractivity contribution is -0.298. The molecule has 1 fully saturated rings. The summed E-state index contributed by atoms with van der Waals surface area (Å²) in [5.41, 5.74) is 0.190. The first kappa shape index (κ1) is 27.2. The number of hydrogen-bond donors (Lipinski definition) is 1. The van der Waals surface area contributed by atoms with Gasteiger partial charge in [-0.3, -0.25) is 14.5 Å². The minimum atomic E-state index is -4.61. The molecule has 0 spiro atoms. The summed E-state index contributed by atoms with van der Waals surface area (Å²) in [5.74, 6) is -0.482. The van der Waals surface area contributed by atoms with E-state index in [1.807, 2.05) is 0 Å². The number of morpholine rings is 1. The van der Waals surface area contributed by atoms with E-state index >= 15 is 0 Å². The first-order chi connectivity index (χ1) is 17.8. The van der Waals surface area contributed by atoms with Crippen LogP contribution in [0.4, 0.5) is 27.9 Å². The van der Waals surface area contributed by atoms with Crippen molar-refractivity contribution in [1.29, 1.82) is 0 Å². The normalized spacial score (nSPS) is 19.3. The number of amides is 1. The highest BCUT2D eigenvalue weighted by atomic mass is 19.4. The number of anilines is 1. The van der Waals surface area contributed by atoms with Gasteiger partial charge >= 0.3 is 12.3 Å². The summed E-state index contributed by atoms with van der Waals surface area (Å²) in [6, 6.07) is 2.30. The van der Waals surface area contributed by atoms with Crippen molar-refractivity contribution in [3.63, 3.8) is 0 Å². The molecule has 38 heavy (non-hydrogen) atoms. The number of nitrogens with one attached hydrogen (secondary N) is 1. The third-order valence-electron chi connectivity index (χ3n) is 6.13. The van der Waals surface area contributed by atoms with Crippen molar-refractivity contribution in [2.75, 3.05) is 25.5 Å². The molecule has 0 radical (unpaired) electrons. The van der Waals surface area contributed by atoms with E-state index in [2.05, 4.69) is 25.4 Å². The number of rotatable bonds is 6. The fourth-order valence-electron chi connectivity index (χ4n) is 4.07. The van der Waals surface area contributed by atoms with Crippen LogP contribution < -0.4 is 10.1 Å². The number of halogens is 5. The third-order valence-corrected chi connectivity index (χ3v) is 6.13. The average Bonchev–Trinajstić information content (AvgIpc) is 3.16. The summed E-state index contributed by atoms with van der Waals surface area (Å²) in [5, 5.41) is 6.98. The Morgan fingerprint density at radius 2 is 1.89 bits per heavy atom. The molecule has 2 atom stereocenters. The largest absolute Gasteiger partial charge is 0.495 e. The molecule has 0 unspecified atom stereocenters. The molecule has 4 heterocycles. The number of alkyl halides is 5.